The van der Waals surface area contributed by atoms with Gasteiger partial charge in [-0.2, -0.15) is 0 Å². The highest BCUT2D eigenvalue weighted by atomic mass is 14.2. The van der Waals surface area contributed by atoms with E-state index in [4.69, 9.17) is 0 Å². The van der Waals surface area contributed by atoms with Crippen LogP contribution in [0.4, 0.5) is 0 Å². The Balaban J connectivity index is 2.49. The molecule has 0 N–H and O–H groups in total. The largest absolute Gasteiger partial charge is 0.0851 e. The predicted molar refractivity (Wildman–Crippen MR) is 36.8 cm³/mol. The van der Waals surface area contributed by atoms with Crippen LogP contribution in [-0.2, 0) is 0 Å². The van der Waals surface area contributed by atoms with Gasteiger partial charge in [-0.05, 0) is 25.2 Å². The van der Waals surface area contributed by atoms with Gasteiger partial charge < -0.3 is 0 Å². The normalized spacial score (nSPS) is 28.2. The molecule has 0 heteroatoms. The second-order valence-corrected chi connectivity index (χ2v) is 2.61. The van der Waals surface area contributed by atoms with Crippen molar-refractivity contribution in [1.29, 1.82) is 0 Å². The zero-order valence-electron chi connectivity index (χ0n) is 5.78. The fourth-order valence-corrected chi connectivity index (χ4v) is 1.40. The lowest BCUT2D eigenvalue weighted by atomic mass is 10.0. The van der Waals surface area contributed by atoms with Crippen LogP contribution in [0.2, 0.25) is 0 Å². The first-order valence-electron chi connectivity index (χ1n) is 3.53. The Morgan fingerprint density at radius 3 is 2.75 bits per heavy atom. The van der Waals surface area contributed by atoms with E-state index < -0.39 is 0 Å². The molecule has 0 aromatic rings. The topological polar surface area (TPSA) is 0 Å². The van der Waals surface area contributed by atoms with Crippen LogP contribution in [0, 0.1) is 5.92 Å². The molecule has 1 aliphatic rings. The Bertz CT molecular complexity index is 101. The minimum absolute atomic E-state index is 0.889. The van der Waals surface area contributed by atoms with Gasteiger partial charge in [0.25, 0.3) is 0 Å². The molecular formula is C8H14. The van der Waals surface area contributed by atoms with Crippen molar-refractivity contribution in [3.05, 3.63) is 11.6 Å². The average molecular weight is 110 g/mol. The smallest absolute Gasteiger partial charge is 0.0229 e. The van der Waals surface area contributed by atoms with Gasteiger partial charge in [0.05, 0.1) is 0 Å². The maximum atomic E-state index is 2.39. The molecule has 0 fully saturated rings. The number of hydrogen-bond acceptors (Lipinski definition) is 0. The Hall–Kier alpha value is -0.260. The van der Waals surface area contributed by atoms with Crippen LogP contribution in [0.1, 0.15) is 33.1 Å². The zero-order valence-corrected chi connectivity index (χ0v) is 5.78. The molecule has 0 spiro atoms. The Morgan fingerprint density at radius 2 is 2.50 bits per heavy atom. The highest BCUT2D eigenvalue weighted by Crippen LogP contribution is 2.26. The van der Waals surface area contributed by atoms with Crippen LogP contribution in [0.15, 0.2) is 11.6 Å². The molecule has 1 atom stereocenters. The maximum Gasteiger partial charge on any atom is -0.0229 e. The van der Waals surface area contributed by atoms with Crippen LogP contribution in [0.25, 0.3) is 0 Å². The van der Waals surface area contributed by atoms with Crippen molar-refractivity contribution in [2.45, 2.75) is 33.1 Å². The van der Waals surface area contributed by atoms with E-state index in [0.29, 0.717) is 0 Å². The predicted octanol–water partition coefficient (Wildman–Crippen LogP) is 2.75. The van der Waals surface area contributed by atoms with Gasteiger partial charge in [-0.3, -0.25) is 0 Å². The van der Waals surface area contributed by atoms with E-state index in [1.165, 1.54) is 19.3 Å². The van der Waals surface area contributed by atoms with Crippen LogP contribution in [0.3, 0.4) is 0 Å². The Labute approximate surface area is 51.6 Å². The molecule has 0 aromatic carbocycles. The number of allylic oxidation sites excluding steroid dienone is 2. The van der Waals surface area contributed by atoms with E-state index in [1.807, 2.05) is 0 Å². The second kappa shape index (κ2) is 2.34. The standard InChI is InChI=1S/C8H14/c1-3-8-6-4-5-7(8)2/h6-7H,3-5H2,1-2H3/t7-/m1/s1. The number of hydrogen-bond donors (Lipinski definition) is 0. The van der Waals surface area contributed by atoms with Gasteiger partial charge in [0.15, 0.2) is 0 Å². The van der Waals surface area contributed by atoms with Crippen molar-refractivity contribution in [1.82, 2.24) is 0 Å². The van der Waals surface area contributed by atoms with E-state index >= 15 is 0 Å². The molecule has 0 amide bonds. The fourth-order valence-electron chi connectivity index (χ4n) is 1.40. The monoisotopic (exact) mass is 110 g/mol. The molecule has 0 nitrogen and oxygen atoms in total. The van der Waals surface area contributed by atoms with Crippen molar-refractivity contribution in [2.75, 3.05) is 0 Å². The molecule has 0 saturated carbocycles. The molecule has 0 saturated heterocycles. The molecule has 0 bridgehead atoms. The molecule has 1 rings (SSSR count). The summed E-state index contributed by atoms with van der Waals surface area (Å²) in [4.78, 5) is 0. The first kappa shape index (κ1) is 5.87. The summed E-state index contributed by atoms with van der Waals surface area (Å²) in [5.74, 6) is 0.889. The van der Waals surface area contributed by atoms with Gasteiger partial charge in [0, 0.05) is 0 Å². The Morgan fingerprint density at radius 1 is 1.75 bits per heavy atom. The van der Waals surface area contributed by atoms with Gasteiger partial charge >= 0.3 is 0 Å². The Kier molecular flexibility index (Phi) is 1.72. The van der Waals surface area contributed by atoms with E-state index in [1.54, 1.807) is 5.57 Å². The molecule has 8 heavy (non-hydrogen) atoms. The van der Waals surface area contributed by atoms with Gasteiger partial charge in [0.2, 0.25) is 0 Å². The second-order valence-electron chi connectivity index (χ2n) is 2.61. The lowest BCUT2D eigenvalue weighted by Crippen LogP contribution is -1.89. The molecule has 0 heterocycles. The molecular weight excluding hydrogens is 96.1 g/mol. The molecule has 0 unspecified atom stereocenters. The van der Waals surface area contributed by atoms with Gasteiger partial charge in [-0.1, -0.05) is 25.5 Å². The highest BCUT2D eigenvalue weighted by Gasteiger charge is 2.10. The van der Waals surface area contributed by atoms with Crippen LogP contribution >= 0.6 is 0 Å². The first-order chi connectivity index (χ1) is 3.84. The summed E-state index contributed by atoms with van der Waals surface area (Å²) in [6.45, 7) is 4.57. The summed E-state index contributed by atoms with van der Waals surface area (Å²) < 4.78 is 0. The maximum absolute atomic E-state index is 2.39. The van der Waals surface area contributed by atoms with E-state index in [9.17, 15) is 0 Å². The van der Waals surface area contributed by atoms with Crippen molar-refractivity contribution in [2.24, 2.45) is 5.92 Å². The SMILES string of the molecule is CCC1=CCC[C@H]1C. The molecule has 1 aliphatic carbocycles. The minimum atomic E-state index is 0.889. The summed E-state index contributed by atoms with van der Waals surface area (Å²) in [6, 6.07) is 0. The lowest BCUT2D eigenvalue weighted by Gasteiger charge is -2.03. The first-order valence-corrected chi connectivity index (χ1v) is 3.53. The van der Waals surface area contributed by atoms with Crippen molar-refractivity contribution in [3.8, 4) is 0 Å². The van der Waals surface area contributed by atoms with E-state index in [-0.39, 0.29) is 0 Å². The van der Waals surface area contributed by atoms with Crippen molar-refractivity contribution in [3.63, 3.8) is 0 Å². The third-order valence-electron chi connectivity index (χ3n) is 2.05. The van der Waals surface area contributed by atoms with Crippen molar-refractivity contribution >= 4 is 0 Å². The van der Waals surface area contributed by atoms with E-state index in [0.717, 1.165) is 5.92 Å². The van der Waals surface area contributed by atoms with Crippen LogP contribution in [0.5, 0.6) is 0 Å². The number of rotatable bonds is 1. The minimum Gasteiger partial charge on any atom is -0.0851 e. The summed E-state index contributed by atoms with van der Waals surface area (Å²) >= 11 is 0. The highest BCUT2D eigenvalue weighted by molar-refractivity contribution is 5.10. The van der Waals surface area contributed by atoms with Crippen LogP contribution in [-0.4, -0.2) is 0 Å². The van der Waals surface area contributed by atoms with Crippen LogP contribution < -0.4 is 0 Å². The van der Waals surface area contributed by atoms with E-state index in [2.05, 4.69) is 19.9 Å². The third kappa shape index (κ3) is 0.936. The quantitative estimate of drug-likeness (QED) is 0.455. The zero-order chi connectivity index (χ0) is 5.98. The average Bonchev–Trinajstić information content (AvgIpc) is 2.14. The summed E-state index contributed by atoms with van der Waals surface area (Å²) in [5, 5.41) is 0. The van der Waals surface area contributed by atoms with Crippen molar-refractivity contribution < 1.29 is 0 Å². The van der Waals surface area contributed by atoms with Gasteiger partial charge in [-0.15, -0.1) is 0 Å². The molecule has 46 valence electrons. The summed E-state index contributed by atoms with van der Waals surface area (Å²) in [6.07, 6.45) is 6.37. The molecule has 0 radical (unpaired) electrons. The molecule has 0 aromatic heterocycles. The fraction of sp³-hybridized carbons (Fsp3) is 0.750. The van der Waals surface area contributed by atoms with Gasteiger partial charge in [-0.25, -0.2) is 0 Å². The van der Waals surface area contributed by atoms with Gasteiger partial charge in [0.1, 0.15) is 0 Å². The summed E-state index contributed by atoms with van der Waals surface area (Å²) in [7, 11) is 0. The summed E-state index contributed by atoms with van der Waals surface area (Å²) in [5.41, 5.74) is 1.67. The third-order valence-corrected chi connectivity index (χ3v) is 2.05. The molecule has 0 aliphatic heterocycles. The lowest BCUT2D eigenvalue weighted by molar-refractivity contribution is 0.652.